The van der Waals surface area contributed by atoms with Gasteiger partial charge in [-0.05, 0) is 41.7 Å². The van der Waals surface area contributed by atoms with Gasteiger partial charge >= 0.3 is 5.97 Å². The first kappa shape index (κ1) is 31.1. The van der Waals surface area contributed by atoms with Crippen LogP contribution in [0.3, 0.4) is 0 Å². The van der Waals surface area contributed by atoms with E-state index in [1.54, 1.807) is 18.3 Å². The molecule has 12 nitrogen and oxygen atoms in total. The molecule has 3 rings (SSSR count). The molecule has 12 heteroatoms. The summed E-state index contributed by atoms with van der Waals surface area (Å²) in [6.07, 6.45) is 1.92. The number of hydrogen-bond donors (Lipinski definition) is 8. The molecule has 2 aromatic carbocycles. The maximum atomic E-state index is 13.6. The molecule has 0 aliphatic carbocycles. The number of aromatic amines is 1. The molecular weight excluding hydrogens is 530 g/mol. The second-order valence-corrected chi connectivity index (χ2v) is 10.4. The second-order valence-electron chi connectivity index (χ2n) is 10.4. The average Bonchev–Trinajstić information content (AvgIpc) is 3.34. The number of rotatable bonds is 14. The zero-order valence-corrected chi connectivity index (χ0v) is 23.0. The molecule has 4 atom stereocenters. The molecular formula is C29H37N5O7. The number of hydrogen-bond acceptors (Lipinski definition) is 7. The van der Waals surface area contributed by atoms with E-state index in [-0.39, 0.29) is 30.9 Å². The maximum absolute atomic E-state index is 13.6. The van der Waals surface area contributed by atoms with Gasteiger partial charge in [0.1, 0.15) is 29.9 Å². The Balaban J connectivity index is 1.89. The molecule has 0 aliphatic rings. The van der Waals surface area contributed by atoms with Gasteiger partial charge < -0.3 is 42.0 Å². The lowest BCUT2D eigenvalue weighted by atomic mass is 10.00. The summed E-state index contributed by atoms with van der Waals surface area (Å²) in [6.45, 7) is 3.02. The number of aromatic nitrogens is 1. The number of amides is 3. The van der Waals surface area contributed by atoms with Gasteiger partial charge in [0.15, 0.2) is 0 Å². The van der Waals surface area contributed by atoms with Crippen molar-refractivity contribution in [3.05, 3.63) is 65.9 Å². The van der Waals surface area contributed by atoms with Crippen LogP contribution in [-0.2, 0) is 32.0 Å². The number of para-hydroxylation sites is 1. The van der Waals surface area contributed by atoms with E-state index in [4.69, 9.17) is 5.73 Å². The first-order chi connectivity index (χ1) is 19.5. The number of phenols is 1. The quantitative estimate of drug-likeness (QED) is 0.138. The molecule has 220 valence electrons. The number of H-pyrrole nitrogens is 1. The number of carboxylic acid groups (broad SMARTS) is 1. The minimum atomic E-state index is -1.27. The monoisotopic (exact) mass is 567 g/mol. The van der Waals surface area contributed by atoms with Crippen molar-refractivity contribution in [2.45, 2.75) is 57.3 Å². The molecule has 0 saturated heterocycles. The predicted octanol–water partition coefficient (Wildman–Crippen LogP) is 0.563. The van der Waals surface area contributed by atoms with Gasteiger partial charge in [-0.2, -0.15) is 0 Å². The van der Waals surface area contributed by atoms with Crippen molar-refractivity contribution >= 4 is 34.6 Å². The highest BCUT2D eigenvalue weighted by molar-refractivity contribution is 5.95. The van der Waals surface area contributed by atoms with E-state index < -0.39 is 54.5 Å². The SMILES string of the molecule is CC(C)CC(NC(=O)C(Cc1ccc(O)cc1)NC(=O)C(Cc1c[nH]c2ccccc12)NC(=O)C(N)CO)C(=O)O. The molecule has 3 amide bonds. The number of aliphatic hydroxyl groups excluding tert-OH is 1. The highest BCUT2D eigenvalue weighted by atomic mass is 16.4. The van der Waals surface area contributed by atoms with Crippen molar-refractivity contribution in [3.63, 3.8) is 0 Å². The molecule has 1 heterocycles. The second kappa shape index (κ2) is 14.3. The molecule has 3 aromatic rings. The van der Waals surface area contributed by atoms with E-state index >= 15 is 0 Å². The van der Waals surface area contributed by atoms with Gasteiger partial charge in [-0.3, -0.25) is 14.4 Å². The summed E-state index contributed by atoms with van der Waals surface area (Å²) in [5.41, 5.74) is 7.82. The van der Waals surface area contributed by atoms with Gasteiger partial charge in [-0.15, -0.1) is 0 Å². The number of carbonyl (C=O) groups excluding carboxylic acids is 3. The van der Waals surface area contributed by atoms with E-state index in [1.807, 2.05) is 38.1 Å². The molecule has 1 aromatic heterocycles. The van der Waals surface area contributed by atoms with E-state index in [0.717, 1.165) is 16.5 Å². The first-order valence-corrected chi connectivity index (χ1v) is 13.3. The lowest BCUT2D eigenvalue weighted by molar-refractivity contribution is -0.142. The summed E-state index contributed by atoms with van der Waals surface area (Å²) in [4.78, 5) is 54.5. The Morgan fingerprint density at radius 3 is 2.05 bits per heavy atom. The summed E-state index contributed by atoms with van der Waals surface area (Å²) in [5, 5.41) is 37.2. The third kappa shape index (κ3) is 8.78. The van der Waals surface area contributed by atoms with Gasteiger partial charge in [0.05, 0.1) is 6.61 Å². The van der Waals surface area contributed by atoms with E-state index in [1.165, 1.54) is 12.1 Å². The van der Waals surface area contributed by atoms with Crippen LogP contribution in [0.5, 0.6) is 5.75 Å². The Morgan fingerprint density at radius 1 is 0.854 bits per heavy atom. The number of aromatic hydroxyl groups is 1. The van der Waals surface area contributed by atoms with Crippen molar-refractivity contribution in [1.29, 1.82) is 0 Å². The number of nitrogens with one attached hydrogen (secondary N) is 4. The average molecular weight is 568 g/mol. The number of carboxylic acids is 1. The summed E-state index contributed by atoms with van der Waals surface area (Å²) in [6, 6.07) is 8.60. The van der Waals surface area contributed by atoms with E-state index in [0.29, 0.717) is 5.56 Å². The predicted molar refractivity (Wildman–Crippen MR) is 152 cm³/mol. The molecule has 0 fully saturated rings. The summed E-state index contributed by atoms with van der Waals surface area (Å²) in [7, 11) is 0. The van der Waals surface area contributed by atoms with Crippen LogP contribution < -0.4 is 21.7 Å². The Hall–Kier alpha value is -4.42. The van der Waals surface area contributed by atoms with Crippen molar-refractivity contribution in [2.24, 2.45) is 11.7 Å². The van der Waals surface area contributed by atoms with Crippen LogP contribution in [0, 0.1) is 5.92 Å². The third-order valence-corrected chi connectivity index (χ3v) is 6.60. The van der Waals surface area contributed by atoms with Crippen molar-refractivity contribution < 1.29 is 34.5 Å². The molecule has 4 unspecified atom stereocenters. The third-order valence-electron chi connectivity index (χ3n) is 6.60. The Bertz CT molecular complexity index is 1360. The van der Waals surface area contributed by atoms with Crippen LogP contribution in [0.4, 0.5) is 0 Å². The minimum absolute atomic E-state index is 0.0170. The Labute approximate surface area is 237 Å². The van der Waals surface area contributed by atoms with Gasteiger partial charge in [-0.1, -0.05) is 44.2 Å². The van der Waals surface area contributed by atoms with Crippen LogP contribution in [0.15, 0.2) is 54.7 Å². The zero-order valence-electron chi connectivity index (χ0n) is 23.0. The number of nitrogens with two attached hydrogens (primary N) is 1. The van der Waals surface area contributed by atoms with E-state index in [2.05, 4.69) is 20.9 Å². The number of fused-ring (bicyclic) bond motifs is 1. The van der Waals surface area contributed by atoms with Crippen LogP contribution in [0.1, 0.15) is 31.4 Å². The number of benzene rings is 2. The minimum Gasteiger partial charge on any atom is -0.508 e. The fourth-order valence-corrected chi connectivity index (χ4v) is 4.41. The number of aliphatic hydroxyl groups is 1. The fourth-order valence-electron chi connectivity index (χ4n) is 4.41. The van der Waals surface area contributed by atoms with Crippen LogP contribution >= 0.6 is 0 Å². The zero-order chi connectivity index (χ0) is 30.1. The van der Waals surface area contributed by atoms with E-state index in [9.17, 15) is 34.5 Å². The van der Waals surface area contributed by atoms with Crippen molar-refractivity contribution in [3.8, 4) is 5.75 Å². The smallest absolute Gasteiger partial charge is 0.326 e. The number of phenolic OH excluding ortho intramolecular Hbond substituents is 1. The molecule has 0 spiro atoms. The van der Waals surface area contributed by atoms with Gasteiger partial charge in [-0.25, -0.2) is 4.79 Å². The summed E-state index contributed by atoms with van der Waals surface area (Å²) < 4.78 is 0. The number of carbonyl (C=O) groups is 4. The summed E-state index contributed by atoms with van der Waals surface area (Å²) >= 11 is 0. The van der Waals surface area contributed by atoms with Crippen LogP contribution in [0.25, 0.3) is 10.9 Å². The molecule has 9 N–H and O–H groups in total. The molecule has 41 heavy (non-hydrogen) atoms. The molecule has 0 saturated carbocycles. The fraction of sp³-hybridized carbons (Fsp3) is 0.379. The summed E-state index contributed by atoms with van der Waals surface area (Å²) in [5.74, 6) is -3.39. The molecule has 0 bridgehead atoms. The number of aliphatic carboxylic acids is 1. The topological polar surface area (TPSA) is 207 Å². The lowest BCUT2D eigenvalue weighted by Gasteiger charge is -2.25. The van der Waals surface area contributed by atoms with Crippen LogP contribution in [-0.4, -0.2) is 74.8 Å². The molecule has 0 aliphatic heterocycles. The van der Waals surface area contributed by atoms with Gasteiger partial charge in [0, 0.05) is 29.9 Å². The standard InChI is InChI=1S/C29H37N5O7/c1-16(2)11-25(29(40)41)34-27(38)23(12-17-7-9-19(36)10-8-17)33-28(39)24(32-26(37)21(30)15-35)13-18-14-31-22-6-4-3-5-20(18)22/h3-10,14,16,21,23-25,31,35-36H,11-13,15,30H2,1-2H3,(H,32,37)(H,33,39)(H,34,38)(H,40,41). The Kier molecular flexibility index (Phi) is 10.8. The maximum Gasteiger partial charge on any atom is 0.326 e. The highest BCUT2D eigenvalue weighted by Crippen LogP contribution is 2.20. The lowest BCUT2D eigenvalue weighted by Crippen LogP contribution is -2.58. The highest BCUT2D eigenvalue weighted by Gasteiger charge is 2.31. The Morgan fingerprint density at radius 2 is 1.44 bits per heavy atom. The van der Waals surface area contributed by atoms with Gasteiger partial charge in [0.2, 0.25) is 17.7 Å². The van der Waals surface area contributed by atoms with Crippen LogP contribution in [0.2, 0.25) is 0 Å². The first-order valence-electron chi connectivity index (χ1n) is 13.3. The van der Waals surface area contributed by atoms with Crippen molar-refractivity contribution in [1.82, 2.24) is 20.9 Å². The van der Waals surface area contributed by atoms with Crippen molar-refractivity contribution in [2.75, 3.05) is 6.61 Å². The largest absolute Gasteiger partial charge is 0.508 e. The normalized spacial score (nSPS) is 14.2. The van der Waals surface area contributed by atoms with Gasteiger partial charge in [0.25, 0.3) is 0 Å². The molecule has 0 radical (unpaired) electrons.